The predicted molar refractivity (Wildman–Crippen MR) is 109 cm³/mol. The van der Waals surface area contributed by atoms with Gasteiger partial charge in [0.2, 0.25) is 0 Å². The Morgan fingerprint density at radius 1 is 1.28 bits per heavy atom. The number of halogens is 1. The number of nitrogens with one attached hydrogen (secondary N) is 1. The SMILES string of the molecule is COc1ccc([N+](=O)[O-])c(C(=O)NCC(c2ccc(Cl)cc2)N2CCOCC2)c1. The average Bonchev–Trinajstić information content (AvgIpc) is 2.75. The molecule has 1 saturated heterocycles. The molecule has 1 aliphatic heterocycles. The largest absolute Gasteiger partial charge is 0.497 e. The van der Waals surface area contributed by atoms with Crippen LogP contribution in [0.2, 0.25) is 5.02 Å². The quantitative estimate of drug-likeness (QED) is 0.547. The molecule has 0 saturated carbocycles. The highest BCUT2D eigenvalue weighted by molar-refractivity contribution is 6.30. The van der Waals surface area contributed by atoms with E-state index in [1.165, 1.54) is 25.3 Å². The van der Waals surface area contributed by atoms with E-state index in [9.17, 15) is 14.9 Å². The molecule has 1 fully saturated rings. The Morgan fingerprint density at radius 2 is 1.97 bits per heavy atom. The van der Waals surface area contributed by atoms with E-state index in [4.69, 9.17) is 21.1 Å². The molecule has 29 heavy (non-hydrogen) atoms. The minimum absolute atomic E-state index is 0.0359. The number of rotatable bonds is 7. The zero-order valence-electron chi connectivity index (χ0n) is 16.0. The molecule has 2 aromatic rings. The van der Waals surface area contributed by atoms with Crippen LogP contribution in [0.4, 0.5) is 5.69 Å². The first-order chi connectivity index (χ1) is 14.0. The van der Waals surface area contributed by atoms with Crippen LogP contribution in [0.3, 0.4) is 0 Å². The van der Waals surface area contributed by atoms with Crippen molar-refractivity contribution in [2.75, 3.05) is 40.0 Å². The number of hydrogen-bond acceptors (Lipinski definition) is 6. The number of methoxy groups -OCH3 is 1. The van der Waals surface area contributed by atoms with Gasteiger partial charge >= 0.3 is 0 Å². The molecule has 2 aromatic carbocycles. The Labute approximate surface area is 173 Å². The van der Waals surface area contributed by atoms with Crippen LogP contribution in [-0.4, -0.2) is 55.7 Å². The van der Waals surface area contributed by atoms with Gasteiger partial charge in [0.1, 0.15) is 11.3 Å². The monoisotopic (exact) mass is 419 g/mol. The van der Waals surface area contributed by atoms with Crippen molar-refractivity contribution in [2.24, 2.45) is 0 Å². The van der Waals surface area contributed by atoms with Gasteiger partial charge in [0, 0.05) is 30.7 Å². The first-order valence-corrected chi connectivity index (χ1v) is 9.55. The molecule has 1 N–H and O–H groups in total. The number of benzene rings is 2. The maximum Gasteiger partial charge on any atom is 0.282 e. The van der Waals surface area contributed by atoms with Gasteiger partial charge in [-0.3, -0.25) is 19.8 Å². The van der Waals surface area contributed by atoms with Gasteiger partial charge in [-0.2, -0.15) is 0 Å². The molecule has 0 aromatic heterocycles. The van der Waals surface area contributed by atoms with E-state index in [0.29, 0.717) is 24.0 Å². The van der Waals surface area contributed by atoms with E-state index < -0.39 is 10.8 Å². The summed E-state index contributed by atoms with van der Waals surface area (Å²) in [6.45, 7) is 2.96. The lowest BCUT2D eigenvalue weighted by atomic mass is 10.0. The summed E-state index contributed by atoms with van der Waals surface area (Å²) in [5.41, 5.74) is 0.695. The van der Waals surface area contributed by atoms with Crippen molar-refractivity contribution in [3.63, 3.8) is 0 Å². The number of carbonyl (C=O) groups is 1. The molecule has 0 radical (unpaired) electrons. The van der Waals surface area contributed by atoms with Crippen molar-refractivity contribution in [3.05, 3.63) is 68.7 Å². The standard InChI is InChI=1S/C20H22ClN3O5/c1-28-16-6-7-18(24(26)27)17(12-16)20(25)22-13-19(23-8-10-29-11-9-23)14-2-4-15(21)5-3-14/h2-7,12,19H,8-11,13H2,1H3,(H,22,25). The van der Waals surface area contributed by atoms with Crippen LogP contribution in [0.1, 0.15) is 22.0 Å². The Bertz CT molecular complexity index is 869. The summed E-state index contributed by atoms with van der Waals surface area (Å²) in [6, 6.07) is 11.4. The summed E-state index contributed by atoms with van der Waals surface area (Å²) in [5.74, 6) is -0.147. The fourth-order valence-corrected chi connectivity index (χ4v) is 3.43. The van der Waals surface area contributed by atoms with E-state index in [2.05, 4.69) is 10.2 Å². The van der Waals surface area contributed by atoms with Crippen molar-refractivity contribution in [1.82, 2.24) is 10.2 Å². The van der Waals surface area contributed by atoms with Crippen LogP contribution in [0.15, 0.2) is 42.5 Å². The molecule has 1 unspecified atom stereocenters. The van der Waals surface area contributed by atoms with Gasteiger partial charge in [0.15, 0.2) is 0 Å². The molecular weight excluding hydrogens is 398 g/mol. The Balaban J connectivity index is 1.81. The fraction of sp³-hybridized carbons (Fsp3) is 0.350. The molecule has 0 bridgehead atoms. The van der Waals surface area contributed by atoms with Gasteiger partial charge in [-0.1, -0.05) is 23.7 Å². The Kier molecular flexibility index (Phi) is 7.03. The van der Waals surface area contributed by atoms with Gasteiger partial charge in [0.25, 0.3) is 11.6 Å². The molecule has 1 aliphatic rings. The number of nitrogens with zero attached hydrogens (tertiary/aromatic N) is 2. The van der Waals surface area contributed by atoms with Gasteiger partial charge in [0.05, 0.1) is 31.3 Å². The smallest absolute Gasteiger partial charge is 0.282 e. The highest BCUT2D eigenvalue weighted by Gasteiger charge is 2.26. The van der Waals surface area contributed by atoms with E-state index in [1.807, 2.05) is 12.1 Å². The number of morpholine rings is 1. The lowest BCUT2D eigenvalue weighted by Crippen LogP contribution is -2.43. The summed E-state index contributed by atoms with van der Waals surface area (Å²) in [5, 5.41) is 14.8. The molecule has 1 heterocycles. The van der Waals surface area contributed by atoms with Crippen LogP contribution in [-0.2, 0) is 4.74 Å². The third-order valence-electron chi connectivity index (χ3n) is 4.84. The van der Waals surface area contributed by atoms with Gasteiger partial charge in [-0.15, -0.1) is 0 Å². The van der Waals surface area contributed by atoms with Crippen LogP contribution in [0.25, 0.3) is 0 Å². The second-order valence-corrected chi connectivity index (χ2v) is 7.00. The minimum Gasteiger partial charge on any atom is -0.497 e. The van der Waals surface area contributed by atoms with Crippen molar-refractivity contribution < 1.29 is 19.2 Å². The Morgan fingerprint density at radius 3 is 2.59 bits per heavy atom. The van der Waals surface area contributed by atoms with Crippen molar-refractivity contribution in [3.8, 4) is 5.75 Å². The lowest BCUT2D eigenvalue weighted by molar-refractivity contribution is -0.385. The zero-order chi connectivity index (χ0) is 20.8. The lowest BCUT2D eigenvalue weighted by Gasteiger charge is -2.35. The number of nitro groups is 1. The van der Waals surface area contributed by atoms with E-state index >= 15 is 0 Å². The summed E-state index contributed by atoms with van der Waals surface area (Å²) in [7, 11) is 1.44. The first-order valence-electron chi connectivity index (χ1n) is 9.17. The van der Waals surface area contributed by atoms with Gasteiger partial charge in [-0.25, -0.2) is 0 Å². The maximum atomic E-state index is 12.8. The third-order valence-corrected chi connectivity index (χ3v) is 5.09. The molecule has 3 rings (SSSR count). The predicted octanol–water partition coefficient (Wildman–Crippen LogP) is 3.06. The molecule has 8 nitrogen and oxygen atoms in total. The normalized spacial score (nSPS) is 15.5. The second-order valence-electron chi connectivity index (χ2n) is 6.57. The van der Waals surface area contributed by atoms with Gasteiger partial charge in [-0.05, 0) is 29.8 Å². The molecule has 9 heteroatoms. The second kappa shape index (κ2) is 9.69. The number of nitro benzene ring substituents is 1. The summed E-state index contributed by atoms with van der Waals surface area (Å²) >= 11 is 6.01. The minimum atomic E-state index is -0.576. The number of hydrogen-bond donors (Lipinski definition) is 1. The molecule has 1 amide bonds. The summed E-state index contributed by atoms with van der Waals surface area (Å²) in [6.07, 6.45) is 0. The van der Waals surface area contributed by atoms with Crippen LogP contribution < -0.4 is 10.1 Å². The first kappa shape index (κ1) is 21.0. The van der Waals surface area contributed by atoms with E-state index in [1.54, 1.807) is 12.1 Å². The summed E-state index contributed by atoms with van der Waals surface area (Å²) < 4.78 is 10.5. The van der Waals surface area contributed by atoms with Crippen molar-refractivity contribution >= 4 is 23.2 Å². The molecule has 0 aliphatic carbocycles. The highest BCUT2D eigenvalue weighted by atomic mass is 35.5. The summed E-state index contributed by atoms with van der Waals surface area (Å²) in [4.78, 5) is 25.7. The highest BCUT2D eigenvalue weighted by Crippen LogP contribution is 2.26. The zero-order valence-corrected chi connectivity index (χ0v) is 16.7. The molecule has 1 atom stereocenters. The van der Waals surface area contributed by atoms with Crippen molar-refractivity contribution in [2.45, 2.75) is 6.04 Å². The van der Waals surface area contributed by atoms with E-state index in [0.717, 1.165) is 18.7 Å². The molecule has 154 valence electrons. The average molecular weight is 420 g/mol. The number of amides is 1. The Hall–Kier alpha value is -2.68. The topological polar surface area (TPSA) is 93.9 Å². The van der Waals surface area contributed by atoms with Crippen molar-refractivity contribution in [1.29, 1.82) is 0 Å². The third kappa shape index (κ3) is 5.23. The van der Waals surface area contributed by atoms with Gasteiger partial charge < -0.3 is 14.8 Å². The number of carbonyl (C=O) groups excluding carboxylic acids is 1. The van der Waals surface area contributed by atoms with Crippen LogP contribution in [0.5, 0.6) is 5.75 Å². The van der Waals surface area contributed by atoms with Crippen LogP contribution in [0, 0.1) is 10.1 Å². The molecular formula is C20H22ClN3O5. The molecule has 0 spiro atoms. The van der Waals surface area contributed by atoms with E-state index in [-0.39, 0.29) is 23.8 Å². The maximum absolute atomic E-state index is 12.8. The van der Waals surface area contributed by atoms with Crippen LogP contribution >= 0.6 is 11.6 Å². The number of ether oxygens (including phenoxy) is 2. The fourth-order valence-electron chi connectivity index (χ4n) is 3.30.